The Labute approximate surface area is 61.9 Å². The maximum absolute atomic E-state index is 11.3. The summed E-state index contributed by atoms with van der Waals surface area (Å²) in [6.45, 7) is 3.48. The van der Waals surface area contributed by atoms with Crippen molar-refractivity contribution >= 4 is 9.84 Å². The lowest BCUT2D eigenvalue weighted by molar-refractivity contribution is 0.575. The van der Waals surface area contributed by atoms with E-state index in [0.717, 1.165) is 0 Å². The van der Waals surface area contributed by atoms with Crippen LogP contribution in [-0.2, 0) is 9.84 Å². The maximum Gasteiger partial charge on any atom is 0.159 e. The fourth-order valence-electron chi connectivity index (χ4n) is 1.07. The van der Waals surface area contributed by atoms with Gasteiger partial charge in [0.2, 0.25) is 0 Å². The molecule has 2 unspecified atom stereocenters. The molecule has 0 radical (unpaired) electrons. The zero-order valence-corrected chi connectivity index (χ0v) is 7.06. The number of rotatable bonds is 0. The van der Waals surface area contributed by atoms with Gasteiger partial charge in [0.15, 0.2) is 9.84 Å². The Balaban J connectivity index is 3.02. The summed E-state index contributed by atoms with van der Waals surface area (Å²) in [6.07, 6.45) is 4.37. The molecule has 2 atom stereocenters. The second kappa shape index (κ2) is 2.38. The Morgan fingerprint density at radius 3 is 2.40 bits per heavy atom. The molecule has 0 bridgehead atoms. The third-order valence-corrected chi connectivity index (χ3v) is 4.46. The van der Waals surface area contributed by atoms with Gasteiger partial charge in [0, 0.05) is 0 Å². The SMILES string of the molecule is CC1C=CCC(C)S1(=O)=O. The minimum absolute atomic E-state index is 0.188. The summed E-state index contributed by atoms with van der Waals surface area (Å²) in [7, 11) is -2.83. The van der Waals surface area contributed by atoms with E-state index in [0.29, 0.717) is 6.42 Å². The molecule has 1 heterocycles. The second-order valence-electron chi connectivity index (χ2n) is 2.77. The first kappa shape index (κ1) is 7.79. The summed E-state index contributed by atoms with van der Waals surface area (Å²) in [4.78, 5) is 0. The molecule has 58 valence electrons. The van der Waals surface area contributed by atoms with Crippen LogP contribution in [0.1, 0.15) is 20.3 Å². The highest BCUT2D eigenvalue weighted by Crippen LogP contribution is 2.18. The summed E-state index contributed by atoms with van der Waals surface area (Å²) in [5.41, 5.74) is 0. The highest BCUT2D eigenvalue weighted by Gasteiger charge is 2.27. The molecule has 0 N–H and O–H groups in total. The number of allylic oxidation sites excluding steroid dienone is 1. The van der Waals surface area contributed by atoms with Crippen molar-refractivity contribution in [1.29, 1.82) is 0 Å². The fourth-order valence-corrected chi connectivity index (χ4v) is 2.51. The number of hydrogen-bond donors (Lipinski definition) is 0. The minimum atomic E-state index is -2.83. The van der Waals surface area contributed by atoms with Crippen LogP contribution in [0.3, 0.4) is 0 Å². The fraction of sp³-hybridized carbons (Fsp3) is 0.714. The molecule has 0 fully saturated rings. The van der Waals surface area contributed by atoms with Crippen molar-refractivity contribution in [3.63, 3.8) is 0 Å². The molecule has 0 saturated heterocycles. The Kier molecular flexibility index (Phi) is 1.86. The highest BCUT2D eigenvalue weighted by molar-refractivity contribution is 7.92. The van der Waals surface area contributed by atoms with E-state index in [9.17, 15) is 8.42 Å². The predicted octanol–water partition coefficient (Wildman–Crippen LogP) is 1.14. The van der Waals surface area contributed by atoms with Crippen LogP contribution in [0.15, 0.2) is 12.2 Å². The van der Waals surface area contributed by atoms with Crippen molar-refractivity contribution in [2.24, 2.45) is 0 Å². The number of sulfone groups is 1. The maximum atomic E-state index is 11.3. The van der Waals surface area contributed by atoms with Crippen molar-refractivity contribution in [3.8, 4) is 0 Å². The van der Waals surface area contributed by atoms with E-state index in [-0.39, 0.29) is 10.5 Å². The lowest BCUT2D eigenvalue weighted by Crippen LogP contribution is -2.29. The lowest BCUT2D eigenvalue weighted by Gasteiger charge is -2.18. The van der Waals surface area contributed by atoms with E-state index in [2.05, 4.69) is 0 Å². The molecule has 0 amide bonds. The Hall–Kier alpha value is -0.310. The monoisotopic (exact) mass is 160 g/mol. The first-order valence-corrected chi connectivity index (χ1v) is 5.05. The topological polar surface area (TPSA) is 34.1 Å². The minimum Gasteiger partial charge on any atom is -0.228 e. The smallest absolute Gasteiger partial charge is 0.159 e. The summed E-state index contributed by atoms with van der Waals surface area (Å²) in [5.74, 6) is 0. The van der Waals surface area contributed by atoms with E-state index >= 15 is 0 Å². The zero-order chi connectivity index (χ0) is 7.78. The van der Waals surface area contributed by atoms with Gasteiger partial charge in [0.1, 0.15) is 0 Å². The van der Waals surface area contributed by atoms with Gasteiger partial charge < -0.3 is 0 Å². The van der Waals surface area contributed by atoms with Gasteiger partial charge in [-0.1, -0.05) is 12.2 Å². The third kappa shape index (κ3) is 1.10. The van der Waals surface area contributed by atoms with Crippen molar-refractivity contribution in [2.75, 3.05) is 0 Å². The number of hydrogen-bond acceptors (Lipinski definition) is 2. The van der Waals surface area contributed by atoms with Crippen LogP contribution < -0.4 is 0 Å². The first-order valence-electron chi connectivity index (χ1n) is 3.44. The van der Waals surface area contributed by atoms with Gasteiger partial charge in [-0.05, 0) is 20.3 Å². The molecule has 1 aliphatic heterocycles. The Morgan fingerprint density at radius 2 is 2.00 bits per heavy atom. The van der Waals surface area contributed by atoms with Gasteiger partial charge in [-0.3, -0.25) is 0 Å². The molecule has 10 heavy (non-hydrogen) atoms. The van der Waals surface area contributed by atoms with Gasteiger partial charge in [-0.2, -0.15) is 0 Å². The average molecular weight is 160 g/mol. The van der Waals surface area contributed by atoms with E-state index in [1.807, 2.05) is 6.08 Å². The van der Waals surface area contributed by atoms with E-state index in [1.54, 1.807) is 19.9 Å². The molecule has 0 aromatic carbocycles. The van der Waals surface area contributed by atoms with E-state index in [4.69, 9.17) is 0 Å². The second-order valence-corrected chi connectivity index (χ2v) is 5.49. The van der Waals surface area contributed by atoms with Crippen LogP contribution in [0.2, 0.25) is 0 Å². The van der Waals surface area contributed by atoms with E-state index < -0.39 is 9.84 Å². The van der Waals surface area contributed by atoms with Gasteiger partial charge in [0.05, 0.1) is 10.5 Å². The normalized spacial score (nSPS) is 37.8. The standard InChI is InChI=1S/C7H12O2S/c1-6-4-3-5-7(2)10(6,8)9/h3-4,6-7H,5H2,1-2H3. The predicted molar refractivity (Wildman–Crippen MR) is 41.6 cm³/mol. The van der Waals surface area contributed by atoms with Crippen molar-refractivity contribution in [2.45, 2.75) is 30.8 Å². The molecule has 0 aliphatic carbocycles. The van der Waals surface area contributed by atoms with Crippen LogP contribution in [-0.4, -0.2) is 18.9 Å². The summed E-state index contributed by atoms with van der Waals surface area (Å²) in [5, 5.41) is -0.469. The van der Waals surface area contributed by atoms with E-state index in [1.165, 1.54) is 0 Å². The third-order valence-electron chi connectivity index (χ3n) is 1.95. The molecular formula is C7H12O2S. The van der Waals surface area contributed by atoms with Gasteiger partial charge >= 0.3 is 0 Å². The van der Waals surface area contributed by atoms with Gasteiger partial charge in [-0.15, -0.1) is 0 Å². The van der Waals surface area contributed by atoms with Crippen LogP contribution in [0, 0.1) is 0 Å². The molecule has 3 heteroatoms. The first-order chi connectivity index (χ1) is 4.55. The quantitative estimate of drug-likeness (QED) is 0.498. The van der Waals surface area contributed by atoms with Crippen LogP contribution in [0.25, 0.3) is 0 Å². The van der Waals surface area contributed by atoms with Crippen LogP contribution in [0.5, 0.6) is 0 Å². The van der Waals surface area contributed by atoms with Crippen LogP contribution >= 0.6 is 0 Å². The molecule has 1 aliphatic rings. The van der Waals surface area contributed by atoms with Crippen molar-refractivity contribution in [3.05, 3.63) is 12.2 Å². The zero-order valence-electron chi connectivity index (χ0n) is 6.24. The molecular weight excluding hydrogens is 148 g/mol. The van der Waals surface area contributed by atoms with Crippen molar-refractivity contribution in [1.82, 2.24) is 0 Å². The Morgan fingerprint density at radius 1 is 1.40 bits per heavy atom. The molecule has 2 nitrogen and oxygen atoms in total. The summed E-state index contributed by atoms with van der Waals surface area (Å²) < 4.78 is 22.5. The lowest BCUT2D eigenvalue weighted by atomic mass is 10.3. The molecule has 0 aromatic heterocycles. The largest absolute Gasteiger partial charge is 0.228 e. The van der Waals surface area contributed by atoms with Gasteiger partial charge in [-0.25, -0.2) is 8.42 Å². The highest BCUT2D eigenvalue weighted by atomic mass is 32.2. The molecule has 0 saturated carbocycles. The summed E-state index contributed by atoms with van der Waals surface area (Å²) in [6, 6.07) is 0. The average Bonchev–Trinajstić information content (AvgIpc) is 1.84. The molecule has 0 aromatic rings. The van der Waals surface area contributed by atoms with Gasteiger partial charge in [0.25, 0.3) is 0 Å². The Bertz CT molecular complexity index is 238. The van der Waals surface area contributed by atoms with Crippen molar-refractivity contribution < 1.29 is 8.42 Å². The molecule has 1 rings (SSSR count). The molecule has 0 spiro atoms. The van der Waals surface area contributed by atoms with Crippen LogP contribution in [0.4, 0.5) is 0 Å². The summed E-state index contributed by atoms with van der Waals surface area (Å²) >= 11 is 0.